The molecule has 0 radical (unpaired) electrons. The van der Waals surface area contributed by atoms with Crippen molar-refractivity contribution in [3.63, 3.8) is 0 Å². The molecule has 0 spiro atoms. The number of nitrogens with zero attached hydrogens (tertiary/aromatic N) is 2. The molecule has 0 atom stereocenters. The molecule has 1 heterocycles. The van der Waals surface area contributed by atoms with E-state index in [-0.39, 0.29) is 11.4 Å². The van der Waals surface area contributed by atoms with Crippen molar-refractivity contribution in [3.8, 4) is 12.1 Å². The number of carbonyl (C=O) groups is 1. The standard InChI is InChI=1S/C14H9N3O3/c1-8(18)10(6-15)14(19)17-13-9-4-2-3-5-11(9)20-12(13)7-16/h2-5,18H,1H3,(H,17,19). The number of hydrogen-bond donors (Lipinski definition) is 2. The molecule has 1 amide bonds. The molecule has 2 rings (SSSR count). The average Bonchev–Trinajstić information content (AvgIpc) is 2.77. The Morgan fingerprint density at radius 1 is 1.35 bits per heavy atom. The molecule has 6 heteroatoms. The Morgan fingerprint density at radius 3 is 2.65 bits per heavy atom. The number of nitrogens with one attached hydrogen (secondary N) is 1. The normalized spacial score (nSPS) is 11.3. The monoisotopic (exact) mass is 267 g/mol. The van der Waals surface area contributed by atoms with Gasteiger partial charge in [-0.15, -0.1) is 0 Å². The molecule has 6 nitrogen and oxygen atoms in total. The van der Waals surface area contributed by atoms with E-state index in [2.05, 4.69) is 5.32 Å². The Labute approximate surface area is 114 Å². The van der Waals surface area contributed by atoms with E-state index in [4.69, 9.17) is 14.9 Å². The molecule has 0 saturated heterocycles. The first-order valence-electron chi connectivity index (χ1n) is 5.61. The van der Waals surface area contributed by atoms with Crippen LogP contribution in [0.4, 0.5) is 5.69 Å². The summed E-state index contributed by atoms with van der Waals surface area (Å²) in [5.74, 6) is -1.25. The van der Waals surface area contributed by atoms with Crippen LogP contribution in [0.1, 0.15) is 12.7 Å². The van der Waals surface area contributed by atoms with E-state index in [0.717, 1.165) is 0 Å². The fraction of sp³-hybridized carbons (Fsp3) is 0.0714. The van der Waals surface area contributed by atoms with Crippen molar-refractivity contribution in [1.82, 2.24) is 0 Å². The van der Waals surface area contributed by atoms with Gasteiger partial charge in [0.1, 0.15) is 29.2 Å². The Kier molecular flexibility index (Phi) is 3.41. The third-order valence-electron chi connectivity index (χ3n) is 2.64. The van der Waals surface area contributed by atoms with E-state index in [1.165, 1.54) is 6.92 Å². The van der Waals surface area contributed by atoms with Gasteiger partial charge in [-0.3, -0.25) is 4.79 Å². The Bertz CT molecular complexity index is 799. The van der Waals surface area contributed by atoms with Gasteiger partial charge < -0.3 is 14.8 Å². The zero-order valence-electron chi connectivity index (χ0n) is 10.5. The number of benzene rings is 1. The van der Waals surface area contributed by atoms with E-state index < -0.39 is 17.2 Å². The zero-order valence-corrected chi connectivity index (χ0v) is 10.5. The summed E-state index contributed by atoms with van der Waals surface area (Å²) in [5.41, 5.74) is 0.212. The van der Waals surface area contributed by atoms with E-state index in [1.807, 2.05) is 6.07 Å². The molecule has 0 bridgehead atoms. The molecule has 0 aliphatic carbocycles. The average molecular weight is 267 g/mol. The van der Waals surface area contributed by atoms with E-state index >= 15 is 0 Å². The van der Waals surface area contributed by atoms with Crippen LogP contribution < -0.4 is 5.32 Å². The summed E-state index contributed by atoms with van der Waals surface area (Å²) >= 11 is 0. The quantitative estimate of drug-likeness (QED) is 0.493. The van der Waals surface area contributed by atoms with Crippen LogP contribution >= 0.6 is 0 Å². The molecule has 0 aliphatic heterocycles. The smallest absolute Gasteiger partial charge is 0.269 e. The number of fused-ring (bicyclic) bond motifs is 1. The molecule has 0 unspecified atom stereocenters. The number of aliphatic hydroxyl groups excluding tert-OH is 1. The van der Waals surface area contributed by atoms with E-state index in [0.29, 0.717) is 11.0 Å². The van der Waals surface area contributed by atoms with Crippen LogP contribution in [0.15, 0.2) is 40.0 Å². The van der Waals surface area contributed by atoms with Crippen LogP contribution in [0.2, 0.25) is 0 Å². The molecular weight excluding hydrogens is 258 g/mol. The number of furan rings is 1. The van der Waals surface area contributed by atoms with Crippen molar-refractivity contribution < 1.29 is 14.3 Å². The second kappa shape index (κ2) is 5.17. The minimum Gasteiger partial charge on any atom is -0.511 e. The van der Waals surface area contributed by atoms with Gasteiger partial charge in [-0.1, -0.05) is 12.1 Å². The molecule has 1 aromatic carbocycles. The number of nitriles is 2. The molecule has 20 heavy (non-hydrogen) atoms. The molecule has 0 saturated carbocycles. The molecule has 98 valence electrons. The second-order valence-corrected chi connectivity index (χ2v) is 3.94. The highest BCUT2D eigenvalue weighted by atomic mass is 16.3. The van der Waals surface area contributed by atoms with Gasteiger partial charge in [-0.25, -0.2) is 0 Å². The van der Waals surface area contributed by atoms with Gasteiger partial charge in [0.05, 0.1) is 0 Å². The maximum atomic E-state index is 11.9. The van der Waals surface area contributed by atoms with Crippen molar-refractivity contribution in [2.75, 3.05) is 5.32 Å². The lowest BCUT2D eigenvalue weighted by molar-refractivity contribution is -0.112. The molecule has 0 fully saturated rings. The van der Waals surface area contributed by atoms with Crippen LogP contribution in [-0.4, -0.2) is 11.0 Å². The molecule has 1 aromatic heterocycles. The number of rotatable bonds is 2. The number of amides is 1. The summed E-state index contributed by atoms with van der Waals surface area (Å²) in [5, 5.41) is 30.1. The molecule has 2 aromatic rings. The third-order valence-corrected chi connectivity index (χ3v) is 2.64. The summed E-state index contributed by atoms with van der Waals surface area (Å²) in [6.07, 6.45) is 0. The topological polar surface area (TPSA) is 110 Å². The van der Waals surface area contributed by atoms with Crippen molar-refractivity contribution in [1.29, 1.82) is 10.5 Å². The predicted molar refractivity (Wildman–Crippen MR) is 70.5 cm³/mol. The number of hydrogen-bond acceptors (Lipinski definition) is 5. The van der Waals surface area contributed by atoms with Crippen molar-refractivity contribution in [3.05, 3.63) is 41.4 Å². The SMILES string of the molecule is CC(O)=C(C#N)C(=O)Nc1c(C#N)oc2ccccc12. The minimum absolute atomic E-state index is 0.0626. The van der Waals surface area contributed by atoms with Gasteiger partial charge in [0.15, 0.2) is 5.57 Å². The number of para-hydroxylation sites is 1. The van der Waals surface area contributed by atoms with Crippen molar-refractivity contribution in [2.24, 2.45) is 0 Å². The Morgan fingerprint density at radius 2 is 2.05 bits per heavy atom. The van der Waals surface area contributed by atoms with E-state index in [1.54, 1.807) is 30.3 Å². The first-order chi connectivity index (χ1) is 9.58. The highest BCUT2D eigenvalue weighted by Gasteiger charge is 2.19. The summed E-state index contributed by atoms with van der Waals surface area (Å²) in [4.78, 5) is 11.9. The first kappa shape index (κ1) is 13.2. The van der Waals surface area contributed by atoms with Crippen molar-refractivity contribution in [2.45, 2.75) is 6.92 Å². The summed E-state index contributed by atoms with van der Waals surface area (Å²) < 4.78 is 5.29. The van der Waals surface area contributed by atoms with Gasteiger partial charge in [-0.05, 0) is 19.1 Å². The van der Waals surface area contributed by atoms with Gasteiger partial charge in [0.2, 0.25) is 5.76 Å². The lowest BCUT2D eigenvalue weighted by atomic mass is 10.2. The maximum absolute atomic E-state index is 11.9. The predicted octanol–water partition coefficient (Wildman–Crippen LogP) is 2.60. The zero-order chi connectivity index (χ0) is 14.7. The van der Waals surface area contributed by atoms with Crippen LogP contribution in [0.3, 0.4) is 0 Å². The van der Waals surface area contributed by atoms with Gasteiger partial charge in [0, 0.05) is 5.39 Å². The largest absolute Gasteiger partial charge is 0.511 e. The summed E-state index contributed by atoms with van der Waals surface area (Å²) in [6, 6.07) is 10.2. The van der Waals surface area contributed by atoms with Gasteiger partial charge in [0.25, 0.3) is 5.91 Å². The lowest BCUT2D eigenvalue weighted by Gasteiger charge is -2.03. The molecular formula is C14H9N3O3. The number of allylic oxidation sites excluding steroid dienone is 1. The first-order valence-corrected chi connectivity index (χ1v) is 5.61. The summed E-state index contributed by atoms with van der Waals surface area (Å²) in [6.45, 7) is 1.23. The summed E-state index contributed by atoms with van der Waals surface area (Å²) in [7, 11) is 0. The highest BCUT2D eigenvalue weighted by Crippen LogP contribution is 2.30. The fourth-order valence-corrected chi connectivity index (χ4v) is 1.72. The van der Waals surface area contributed by atoms with Crippen LogP contribution in [0.5, 0.6) is 0 Å². The third kappa shape index (κ3) is 2.18. The van der Waals surface area contributed by atoms with Crippen molar-refractivity contribution >= 4 is 22.6 Å². The lowest BCUT2D eigenvalue weighted by Crippen LogP contribution is -2.15. The minimum atomic E-state index is -0.796. The number of anilines is 1. The van der Waals surface area contributed by atoms with Gasteiger partial charge in [-0.2, -0.15) is 10.5 Å². The van der Waals surface area contributed by atoms with Crippen LogP contribution in [-0.2, 0) is 4.79 Å². The van der Waals surface area contributed by atoms with Crippen LogP contribution in [0.25, 0.3) is 11.0 Å². The van der Waals surface area contributed by atoms with Crippen LogP contribution in [0, 0.1) is 22.7 Å². The van der Waals surface area contributed by atoms with E-state index in [9.17, 15) is 9.90 Å². The van der Waals surface area contributed by atoms with Gasteiger partial charge >= 0.3 is 0 Å². The highest BCUT2D eigenvalue weighted by molar-refractivity contribution is 6.11. The fourth-order valence-electron chi connectivity index (χ4n) is 1.72. The Hall–Kier alpha value is -3.25. The molecule has 2 N–H and O–H groups in total. The second-order valence-electron chi connectivity index (χ2n) is 3.94. The number of carbonyl (C=O) groups excluding carboxylic acids is 1. The number of aliphatic hydroxyl groups is 1. The molecule has 0 aliphatic rings. The Balaban J connectivity index is 2.50. The maximum Gasteiger partial charge on any atom is 0.269 e.